The average molecular weight is 179 g/mol. The molecule has 13 heavy (non-hydrogen) atoms. The summed E-state index contributed by atoms with van der Waals surface area (Å²) in [6, 6.07) is 0. The van der Waals surface area contributed by atoms with E-state index in [1.165, 1.54) is 6.33 Å². The molecule has 0 aliphatic rings. The molecule has 2 aromatic rings. The Morgan fingerprint density at radius 3 is 3.15 bits per heavy atom. The van der Waals surface area contributed by atoms with Crippen LogP contribution in [0.3, 0.4) is 0 Å². The number of nitrogens with one attached hydrogen (secondary N) is 1. The van der Waals surface area contributed by atoms with Gasteiger partial charge in [0.05, 0.1) is 12.7 Å². The van der Waals surface area contributed by atoms with Crippen LogP contribution in [0.4, 0.5) is 0 Å². The number of aromatic amines is 1. The van der Waals surface area contributed by atoms with Crippen molar-refractivity contribution in [2.75, 3.05) is 6.54 Å². The predicted octanol–water partition coefficient (Wildman–Crippen LogP) is -0.978. The van der Waals surface area contributed by atoms with E-state index in [2.05, 4.69) is 25.5 Å². The van der Waals surface area contributed by atoms with Gasteiger partial charge in [0.15, 0.2) is 5.82 Å². The fourth-order valence-electron chi connectivity index (χ4n) is 0.977. The maximum absolute atomic E-state index is 5.36. The molecule has 0 spiro atoms. The molecule has 0 saturated heterocycles. The third-order valence-electron chi connectivity index (χ3n) is 1.55. The van der Waals surface area contributed by atoms with E-state index in [1.807, 2.05) is 0 Å². The van der Waals surface area contributed by atoms with E-state index in [0.717, 1.165) is 0 Å². The number of rotatable bonds is 3. The lowest BCUT2D eigenvalue weighted by Gasteiger charge is -1.92. The highest BCUT2D eigenvalue weighted by molar-refractivity contribution is 5.44. The van der Waals surface area contributed by atoms with Gasteiger partial charge in [-0.15, -0.1) is 5.10 Å². The molecule has 3 N–H and O–H groups in total. The summed E-state index contributed by atoms with van der Waals surface area (Å²) in [6.07, 6.45) is 3.20. The van der Waals surface area contributed by atoms with Crippen molar-refractivity contribution in [1.82, 2.24) is 30.2 Å². The van der Waals surface area contributed by atoms with Gasteiger partial charge in [-0.2, -0.15) is 5.10 Å². The van der Waals surface area contributed by atoms with E-state index in [9.17, 15) is 0 Å². The molecule has 68 valence electrons. The van der Waals surface area contributed by atoms with Crippen LogP contribution in [0.5, 0.6) is 0 Å². The summed E-state index contributed by atoms with van der Waals surface area (Å²) in [5.41, 5.74) is 6.04. The van der Waals surface area contributed by atoms with E-state index in [1.54, 1.807) is 10.9 Å². The van der Waals surface area contributed by atoms with E-state index in [4.69, 9.17) is 5.73 Å². The van der Waals surface area contributed by atoms with Crippen molar-refractivity contribution >= 4 is 0 Å². The van der Waals surface area contributed by atoms with Gasteiger partial charge in [-0.1, -0.05) is 5.21 Å². The van der Waals surface area contributed by atoms with Gasteiger partial charge in [0.2, 0.25) is 0 Å². The Hall–Kier alpha value is -1.76. The van der Waals surface area contributed by atoms with Gasteiger partial charge in [-0.05, 0) is 0 Å². The second-order valence-corrected chi connectivity index (χ2v) is 2.49. The van der Waals surface area contributed by atoms with Crippen molar-refractivity contribution in [3.63, 3.8) is 0 Å². The molecule has 0 unspecified atom stereocenters. The average Bonchev–Trinajstić information content (AvgIpc) is 2.70. The first-order valence-corrected chi connectivity index (χ1v) is 3.86. The monoisotopic (exact) mass is 179 g/mol. The van der Waals surface area contributed by atoms with Gasteiger partial charge < -0.3 is 5.73 Å². The largest absolute Gasteiger partial charge is 0.329 e. The first kappa shape index (κ1) is 7.87. The molecule has 0 amide bonds. The minimum atomic E-state index is 0.541. The summed E-state index contributed by atoms with van der Waals surface area (Å²) in [4.78, 5) is 3.95. The highest BCUT2D eigenvalue weighted by Gasteiger charge is 2.04. The molecule has 7 heteroatoms. The summed E-state index contributed by atoms with van der Waals surface area (Å²) in [5, 5.41) is 14.2. The zero-order chi connectivity index (χ0) is 9.10. The van der Waals surface area contributed by atoms with E-state index in [-0.39, 0.29) is 0 Å². The van der Waals surface area contributed by atoms with Crippen molar-refractivity contribution < 1.29 is 0 Å². The quantitative estimate of drug-likeness (QED) is 0.631. The summed E-state index contributed by atoms with van der Waals surface area (Å²) in [5.74, 6) is 0.614. The van der Waals surface area contributed by atoms with Crippen molar-refractivity contribution in [3.8, 4) is 11.5 Å². The molecule has 0 aliphatic carbocycles. The normalized spacial score (nSPS) is 10.5. The van der Waals surface area contributed by atoms with Crippen molar-refractivity contribution in [2.24, 2.45) is 5.73 Å². The number of H-pyrrole nitrogens is 1. The molecular formula is C6H9N7. The molecule has 0 saturated carbocycles. The summed E-state index contributed by atoms with van der Waals surface area (Å²) >= 11 is 0. The fraction of sp³-hybridized carbons (Fsp3) is 0.333. The first-order valence-electron chi connectivity index (χ1n) is 3.86. The minimum absolute atomic E-state index is 0.541. The Balaban J connectivity index is 2.23. The van der Waals surface area contributed by atoms with Gasteiger partial charge in [0, 0.05) is 6.54 Å². The van der Waals surface area contributed by atoms with E-state index >= 15 is 0 Å². The molecule has 2 rings (SSSR count). The molecule has 0 fully saturated rings. The number of nitrogens with two attached hydrogens (primary N) is 1. The Labute approximate surface area is 74.0 Å². The van der Waals surface area contributed by atoms with Crippen molar-refractivity contribution in [1.29, 1.82) is 0 Å². The second kappa shape index (κ2) is 3.31. The van der Waals surface area contributed by atoms with Crippen LogP contribution in [-0.4, -0.2) is 36.7 Å². The molecule has 0 bridgehead atoms. The molecule has 0 aromatic carbocycles. The Kier molecular flexibility index (Phi) is 2.01. The van der Waals surface area contributed by atoms with Gasteiger partial charge in [0.1, 0.15) is 12.0 Å². The van der Waals surface area contributed by atoms with Crippen LogP contribution in [0.2, 0.25) is 0 Å². The number of hydrogen-bond acceptors (Lipinski definition) is 5. The van der Waals surface area contributed by atoms with Crippen molar-refractivity contribution in [2.45, 2.75) is 6.54 Å². The third-order valence-corrected chi connectivity index (χ3v) is 1.55. The third kappa shape index (κ3) is 1.54. The Bertz CT molecular complexity index is 362. The highest BCUT2D eigenvalue weighted by atomic mass is 15.4. The lowest BCUT2D eigenvalue weighted by Crippen LogP contribution is -2.10. The second-order valence-electron chi connectivity index (χ2n) is 2.49. The Morgan fingerprint density at radius 2 is 2.46 bits per heavy atom. The molecule has 0 atom stereocenters. The van der Waals surface area contributed by atoms with E-state index < -0.39 is 0 Å². The molecule has 0 radical (unpaired) electrons. The molecule has 2 aromatic heterocycles. The smallest absolute Gasteiger partial charge is 0.177 e. The van der Waals surface area contributed by atoms with Crippen LogP contribution in [0.25, 0.3) is 11.5 Å². The van der Waals surface area contributed by atoms with E-state index in [0.29, 0.717) is 24.6 Å². The lowest BCUT2D eigenvalue weighted by atomic mass is 10.4. The predicted molar refractivity (Wildman–Crippen MR) is 44.5 cm³/mol. The lowest BCUT2D eigenvalue weighted by molar-refractivity contribution is 0.598. The Morgan fingerprint density at radius 1 is 1.54 bits per heavy atom. The highest BCUT2D eigenvalue weighted by Crippen LogP contribution is 2.07. The van der Waals surface area contributed by atoms with Crippen LogP contribution in [0, 0.1) is 0 Å². The van der Waals surface area contributed by atoms with Crippen molar-refractivity contribution in [3.05, 3.63) is 12.5 Å². The van der Waals surface area contributed by atoms with Crippen LogP contribution >= 0.6 is 0 Å². The number of aromatic nitrogens is 6. The molecule has 7 nitrogen and oxygen atoms in total. The summed E-state index contributed by atoms with van der Waals surface area (Å²) in [6.45, 7) is 1.19. The topological polar surface area (TPSA) is 98.3 Å². The van der Waals surface area contributed by atoms with Crippen LogP contribution < -0.4 is 5.73 Å². The minimum Gasteiger partial charge on any atom is -0.329 e. The number of hydrogen-bond donors (Lipinski definition) is 2. The molecule has 2 heterocycles. The molecule has 0 aliphatic heterocycles. The maximum atomic E-state index is 5.36. The standard InChI is InChI=1S/C6H9N7/c7-1-2-13-3-5(10-12-13)6-8-4-9-11-6/h3-4H,1-2,7H2,(H,8,9,11). The van der Waals surface area contributed by atoms with Crippen LogP contribution in [0.1, 0.15) is 0 Å². The van der Waals surface area contributed by atoms with Crippen LogP contribution in [0.15, 0.2) is 12.5 Å². The zero-order valence-corrected chi connectivity index (χ0v) is 6.88. The SMILES string of the molecule is NCCn1cc(-c2ncn[nH]2)nn1. The van der Waals surface area contributed by atoms with Gasteiger partial charge in [0.25, 0.3) is 0 Å². The fourth-order valence-corrected chi connectivity index (χ4v) is 0.977. The summed E-state index contributed by atoms with van der Waals surface area (Å²) < 4.78 is 1.66. The van der Waals surface area contributed by atoms with Gasteiger partial charge in [-0.25, -0.2) is 4.98 Å². The summed E-state index contributed by atoms with van der Waals surface area (Å²) in [7, 11) is 0. The van der Waals surface area contributed by atoms with Gasteiger partial charge >= 0.3 is 0 Å². The van der Waals surface area contributed by atoms with Crippen LogP contribution in [-0.2, 0) is 6.54 Å². The first-order chi connectivity index (χ1) is 6.40. The zero-order valence-electron chi connectivity index (χ0n) is 6.88. The maximum Gasteiger partial charge on any atom is 0.177 e. The van der Waals surface area contributed by atoms with Gasteiger partial charge in [-0.3, -0.25) is 9.78 Å². The molecular weight excluding hydrogens is 170 g/mol. The number of nitrogens with zero attached hydrogens (tertiary/aromatic N) is 5.